The molecule has 3 aromatic carbocycles. The first-order chi connectivity index (χ1) is 15.1. The minimum atomic E-state index is -0.312. The summed E-state index contributed by atoms with van der Waals surface area (Å²) in [5.41, 5.74) is 3.88. The Balaban J connectivity index is 1.64. The standard InChI is InChI=1S/C28H33IO2/c1-22(2)19-26(21-29)25-13-15-27(16-14-25)31-28(20-24-11-7-4-8-12-24)30-18-17-23-9-5-3-6-10-23/h3-16,22,26,28H,17-21H2,1-2H3. The molecule has 0 spiro atoms. The maximum Gasteiger partial charge on any atom is 0.203 e. The molecule has 0 saturated carbocycles. The molecule has 0 fully saturated rings. The van der Waals surface area contributed by atoms with Crippen LogP contribution in [0.15, 0.2) is 84.9 Å². The van der Waals surface area contributed by atoms with Gasteiger partial charge in [-0.05, 0) is 53.5 Å². The molecule has 0 bridgehead atoms. The van der Waals surface area contributed by atoms with Crippen LogP contribution in [0.5, 0.6) is 5.75 Å². The predicted molar refractivity (Wildman–Crippen MR) is 138 cm³/mol. The average Bonchev–Trinajstić information content (AvgIpc) is 2.79. The second-order valence-electron chi connectivity index (χ2n) is 8.39. The van der Waals surface area contributed by atoms with Gasteiger partial charge in [-0.25, -0.2) is 0 Å². The predicted octanol–water partition coefficient (Wildman–Crippen LogP) is 7.46. The fourth-order valence-corrected chi connectivity index (χ4v) is 4.59. The normalized spacial score (nSPS) is 13.2. The second-order valence-corrected chi connectivity index (χ2v) is 9.27. The molecule has 0 aliphatic rings. The Morgan fingerprint density at radius 1 is 0.774 bits per heavy atom. The molecule has 164 valence electrons. The number of alkyl halides is 1. The summed E-state index contributed by atoms with van der Waals surface area (Å²) in [4.78, 5) is 0. The summed E-state index contributed by atoms with van der Waals surface area (Å²) in [6.45, 7) is 5.21. The highest BCUT2D eigenvalue weighted by molar-refractivity contribution is 14.1. The Hall–Kier alpha value is -1.85. The average molecular weight is 528 g/mol. The summed E-state index contributed by atoms with van der Waals surface area (Å²) in [5, 5.41) is 0. The van der Waals surface area contributed by atoms with Crippen molar-refractivity contribution < 1.29 is 9.47 Å². The highest BCUT2D eigenvalue weighted by atomic mass is 127. The van der Waals surface area contributed by atoms with Crippen molar-refractivity contribution in [3.63, 3.8) is 0 Å². The van der Waals surface area contributed by atoms with Gasteiger partial charge in [-0.2, -0.15) is 0 Å². The number of hydrogen-bond donors (Lipinski definition) is 0. The van der Waals surface area contributed by atoms with E-state index >= 15 is 0 Å². The molecule has 0 aliphatic carbocycles. The lowest BCUT2D eigenvalue weighted by Gasteiger charge is -2.21. The lowest BCUT2D eigenvalue weighted by molar-refractivity contribution is -0.0779. The molecule has 0 amide bonds. The number of halogens is 1. The van der Waals surface area contributed by atoms with Crippen molar-refractivity contribution in [2.45, 2.75) is 45.3 Å². The number of rotatable bonds is 12. The summed E-state index contributed by atoms with van der Waals surface area (Å²) in [6.07, 6.45) is 2.50. The summed E-state index contributed by atoms with van der Waals surface area (Å²) in [7, 11) is 0. The van der Waals surface area contributed by atoms with Gasteiger partial charge in [0.15, 0.2) is 0 Å². The van der Waals surface area contributed by atoms with Crippen molar-refractivity contribution in [2.24, 2.45) is 5.92 Å². The fourth-order valence-electron chi connectivity index (χ4n) is 3.72. The molecule has 3 rings (SSSR count). The zero-order valence-electron chi connectivity index (χ0n) is 18.5. The van der Waals surface area contributed by atoms with Gasteiger partial charge in [0.1, 0.15) is 5.75 Å². The van der Waals surface area contributed by atoms with E-state index in [0.29, 0.717) is 18.4 Å². The van der Waals surface area contributed by atoms with E-state index in [2.05, 4.69) is 109 Å². The highest BCUT2D eigenvalue weighted by Crippen LogP contribution is 2.28. The maximum atomic E-state index is 6.28. The van der Waals surface area contributed by atoms with Crippen LogP contribution in [0.1, 0.15) is 42.9 Å². The van der Waals surface area contributed by atoms with Crippen LogP contribution >= 0.6 is 22.6 Å². The zero-order valence-corrected chi connectivity index (χ0v) is 20.7. The number of ether oxygens (including phenoxy) is 2. The van der Waals surface area contributed by atoms with Gasteiger partial charge in [0.05, 0.1) is 6.61 Å². The molecule has 0 aromatic heterocycles. The number of benzene rings is 3. The third-order valence-electron chi connectivity index (χ3n) is 5.34. The van der Waals surface area contributed by atoms with E-state index in [-0.39, 0.29) is 6.29 Å². The first-order valence-corrected chi connectivity index (χ1v) is 12.7. The van der Waals surface area contributed by atoms with Crippen molar-refractivity contribution in [1.29, 1.82) is 0 Å². The molecular formula is C28H33IO2. The molecule has 0 N–H and O–H groups in total. The molecule has 0 saturated heterocycles. The molecule has 0 heterocycles. The molecule has 3 aromatic rings. The van der Waals surface area contributed by atoms with Crippen molar-refractivity contribution in [3.05, 3.63) is 102 Å². The van der Waals surface area contributed by atoms with Crippen LogP contribution in [0.3, 0.4) is 0 Å². The van der Waals surface area contributed by atoms with Crippen LogP contribution in [0.2, 0.25) is 0 Å². The Kier molecular flexibility index (Phi) is 9.88. The molecule has 31 heavy (non-hydrogen) atoms. The topological polar surface area (TPSA) is 18.5 Å². The second kappa shape index (κ2) is 12.9. The largest absolute Gasteiger partial charge is 0.465 e. The Bertz CT molecular complexity index is 863. The zero-order chi connectivity index (χ0) is 21.9. The number of hydrogen-bond acceptors (Lipinski definition) is 2. The van der Waals surface area contributed by atoms with Gasteiger partial charge in [0.2, 0.25) is 6.29 Å². The van der Waals surface area contributed by atoms with Gasteiger partial charge in [-0.1, -0.05) is 109 Å². The summed E-state index contributed by atoms with van der Waals surface area (Å²) < 4.78 is 13.6. The summed E-state index contributed by atoms with van der Waals surface area (Å²) in [6, 6.07) is 29.5. The van der Waals surface area contributed by atoms with Crippen LogP contribution in [0, 0.1) is 5.92 Å². The lowest BCUT2D eigenvalue weighted by Crippen LogP contribution is -2.24. The minimum Gasteiger partial charge on any atom is -0.465 e. The Morgan fingerprint density at radius 3 is 1.97 bits per heavy atom. The third-order valence-corrected chi connectivity index (χ3v) is 6.41. The lowest BCUT2D eigenvalue weighted by atomic mass is 9.92. The van der Waals surface area contributed by atoms with Gasteiger partial charge in [0.25, 0.3) is 0 Å². The van der Waals surface area contributed by atoms with E-state index in [1.165, 1.54) is 23.1 Å². The van der Waals surface area contributed by atoms with Crippen molar-refractivity contribution in [1.82, 2.24) is 0 Å². The molecule has 0 aliphatic heterocycles. The van der Waals surface area contributed by atoms with E-state index in [1.54, 1.807) is 0 Å². The summed E-state index contributed by atoms with van der Waals surface area (Å²) >= 11 is 2.50. The smallest absolute Gasteiger partial charge is 0.203 e. The summed E-state index contributed by atoms with van der Waals surface area (Å²) in [5.74, 6) is 2.15. The van der Waals surface area contributed by atoms with Crippen LogP contribution in [-0.4, -0.2) is 17.3 Å². The SMILES string of the molecule is CC(C)CC(CI)c1ccc(OC(Cc2ccccc2)OCCc2ccccc2)cc1. The monoisotopic (exact) mass is 528 g/mol. The fraction of sp³-hybridized carbons (Fsp3) is 0.357. The Morgan fingerprint density at radius 2 is 1.39 bits per heavy atom. The first kappa shape index (κ1) is 23.8. The van der Waals surface area contributed by atoms with Gasteiger partial charge in [-0.3, -0.25) is 0 Å². The van der Waals surface area contributed by atoms with Crippen LogP contribution < -0.4 is 4.74 Å². The first-order valence-electron chi connectivity index (χ1n) is 11.2. The molecule has 0 radical (unpaired) electrons. The van der Waals surface area contributed by atoms with E-state index < -0.39 is 0 Å². The molecule has 3 heteroatoms. The third kappa shape index (κ3) is 8.30. The highest BCUT2D eigenvalue weighted by Gasteiger charge is 2.15. The van der Waals surface area contributed by atoms with Crippen LogP contribution in [0.25, 0.3) is 0 Å². The van der Waals surface area contributed by atoms with Gasteiger partial charge in [-0.15, -0.1) is 0 Å². The van der Waals surface area contributed by atoms with Crippen LogP contribution in [0.4, 0.5) is 0 Å². The van der Waals surface area contributed by atoms with Gasteiger partial charge in [0, 0.05) is 10.8 Å². The van der Waals surface area contributed by atoms with Crippen molar-refractivity contribution in [3.8, 4) is 5.75 Å². The van der Waals surface area contributed by atoms with E-state index in [0.717, 1.165) is 23.0 Å². The van der Waals surface area contributed by atoms with Crippen LogP contribution in [-0.2, 0) is 17.6 Å². The van der Waals surface area contributed by atoms with E-state index in [4.69, 9.17) is 9.47 Å². The van der Waals surface area contributed by atoms with E-state index in [1.807, 2.05) is 12.1 Å². The van der Waals surface area contributed by atoms with Gasteiger partial charge < -0.3 is 9.47 Å². The minimum absolute atomic E-state index is 0.312. The molecular weight excluding hydrogens is 495 g/mol. The molecule has 2 unspecified atom stereocenters. The van der Waals surface area contributed by atoms with Crippen molar-refractivity contribution in [2.75, 3.05) is 11.0 Å². The van der Waals surface area contributed by atoms with Crippen molar-refractivity contribution >= 4 is 22.6 Å². The Labute approximate surface area is 201 Å². The van der Waals surface area contributed by atoms with E-state index in [9.17, 15) is 0 Å². The maximum absolute atomic E-state index is 6.28. The van der Waals surface area contributed by atoms with Gasteiger partial charge >= 0.3 is 0 Å². The molecule has 2 atom stereocenters. The quantitative estimate of drug-likeness (QED) is 0.138. The molecule has 2 nitrogen and oxygen atoms in total.